The lowest BCUT2D eigenvalue weighted by molar-refractivity contribution is 0.112. The maximum Gasteiger partial charge on any atom is 0.161 e. The van der Waals surface area contributed by atoms with Gasteiger partial charge in [0.1, 0.15) is 0 Å². The first-order chi connectivity index (χ1) is 8.72. The maximum atomic E-state index is 10.9. The number of rotatable bonds is 6. The third-order valence-corrected chi connectivity index (χ3v) is 2.27. The molecule has 0 aliphatic heterocycles. The molecule has 0 bridgehead atoms. The molecule has 0 amide bonds. The number of ether oxygens (including phenoxy) is 1. The Labute approximate surface area is 104 Å². The first-order valence-electron chi connectivity index (χ1n) is 5.26. The van der Waals surface area contributed by atoms with Crippen LogP contribution < -0.4 is 4.74 Å². The fourth-order valence-corrected chi connectivity index (χ4v) is 1.40. The summed E-state index contributed by atoms with van der Waals surface area (Å²) in [7, 11) is 1.42. The smallest absolute Gasteiger partial charge is 0.161 e. The van der Waals surface area contributed by atoms with Crippen molar-refractivity contribution in [3.8, 4) is 11.5 Å². The number of benzene rings is 1. The molecule has 0 spiro atoms. The highest BCUT2D eigenvalue weighted by molar-refractivity contribution is 5.83. The minimum absolute atomic E-state index is 0.0298. The van der Waals surface area contributed by atoms with Gasteiger partial charge in [0.2, 0.25) is 0 Å². The van der Waals surface area contributed by atoms with E-state index in [0.717, 1.165) is 0 Å². The number of carbonyl (C=O) groups is 1. The summed E-state index contributed by atoms with van der Waals surface area (Å²) >= 11 is 0. The van der Waals surface area contributed by atoms with Crippen LogP contribution in [0.15, 0.2) is 23.3 Å². The highest BCUT2D eigenvalue weighted by Gasteiger charge is 2.06. The molecule has 6 nitrogen and oxygen atoms in total. The molecule has 0 aliphatic carbocycles. The molecule has 0 aliphatic rings. The van der Waals surface area contributed by atoms with Crippen molar-refractivity contribution >= 4 is 12.4 Å². The van der Waals surface area contributed by atoms with Gasteiger partial charge in [-0.15, -0.1) is 0 Å². The Morgan fingerprint density at radius 3 is 2.89 bits per heavy atom. The highest BCUT2D eigenvalue weighted by atomic mass is 16.5. The van der Waals surface area contributed by atoms with Crippen LogP contribution in [0.5, 0.6) is 11.5 Å². The van der Waals surface area contributed by atoms with Crippen LogP contribution in [0, 0.1) is 0 Å². The molecule has 0 fully saturated rings. The van der Waals surface area contributed by atoms with Gasteiger partial charge >= 0.3 is 0 Å². The lowest BCUT2D eigenvalue weighted by Gasteiger charge is -2.06. The fraction of sp³-hybridized carbons (Fsp3) is 0.250. The third-order valence-electron chi connectivity index (χ3n) is 2.27. The monoisotopic (exact) mass is 247 g/mol. The Bertz CT molecular complexity index is 506. The number of aldehydes is 1. The van der Waals surface area contributed by atoms with Crippen molar-refractivity contribution in [1.29, 1.82) is 0 Å². The van der Waals surface area contributed by atoms with Gasteiger partial charge in [0.25, 0.3) is 0 Å². The molecule has 0 unspecified atom stereocenters. The molecule has 0 radical (unpaired) electrons. The lowest BCUT2D eigenvalue weighted by Crippen LogP contribution is -1.91. The summed E-state index contributed by atoms with van der Waals surface area (Å²) in [6.07, 6.45) is 4.71. The van der Waals surface area contributed by atoms with Crippen molar-refractivity contribution in [2.24, 2.45) is 5.11 Å². The van der Waals surface area contributed by atoms with Crippen LogP contribution in [0.25, 0.3) is 16.5 Å². The summed E-state index contributed by atoms with van der Waals surface area (Å²) in [5, 5.41) is 13.0. The van der Waals surface area contributed by atoms with Gasteiger partial charge in [0.15, 0.2) is 17.8 Å². The first kappa shape index (κ1) is 13.6. The van der Waals surface area contributed by atoms with E-state index in [1.165, 1.54) is 19.2 Å². The lowest BCUT2D eigenvalue weighted by atomic mass is 10.1. The van der Waals surface area contributed by atoms with Gasteiger partial charge in [0.05, 0.1) is 7.11 Å². The van der Waals surface area contributed by atoms with E-state index in [1.807, 2.05) is 0 Å². The Kier molecular flexibility index (Phi) is 5.28. The van der Waals surface area contributed by atoms with Gasteiger partial charge in [-0.2, -0.15) is 0 Å². The molecule has 0 aromatic heterocycles. The zero-order chi connectivity index (χ0) is 13.4. The molecule has 1 aromatic rings. The predicted molar refractivity (Wildman–Crippen MR) is 67.7 cm³/mol. The number of hydrogen-bond donors (Lipinski definition) is 1. The average Bonchev–Trinajstić information content (AvgIpc) is 2.38. The Morgan fingerprint density at radius 2 is 2.28 bits per heavy atom. The van der Waals surface area contributed by atoms with Crippen LogP contribution >= 0.6 is 0 Å². The molecule has 1 N–H and O–H groups in total. The number of methoxy groups -OCH3 is 1. The minimum atomic E-state index is -0.0298. The standard InChI is InChI=1S/C12H13N3O3/c1-18-12-7-10(8-16)9(6-11(12)17)4-2-3-5-14-15-13/h2,4,6-8,17H,3,5H2,1H3. The van der Waals surface area contributed by atoms with Crippen molar-refractivity contribution < 1.29 is 14.6 Å². The van der Waals surface area contributed by atoms with E-state index in [0.29, 0.717) is 30.4 Å². The minimum Gasteiger partial charge on any atom is -0.504 e. The van der Waals surface area contributed by atoms with Gasteiger partial charge in [0, 0.05) is 17.0 Å². The first-order valence-corrected chi connectivity index (χ1v) is 5.26. The summed E-state index contributed by atoms with van der Waals surface area (Å²) in [6.45, 7) is 0.353. The van der Waals surface area contributed by atoms with Crippen LogP contribution in [-0.4, -0.2) is 25.0 Å². The molecule has 1 aromatic carbocycles. The van der Waals surface area contributed by atoms with Crippen LogP contribution in [0.2, 0.25) is 0 Å². The van der Waals surface area contributed by atoms with Gasteiger partial charge in [-0.3, -0.25) is 4.79 Å². The zero-order valence-electron chi connectivity index (χ0n) is 9.91. The molecule has 0 heterocycles. The van der Waals surface area contributed by atoms with E-state index in [2.05, 4.69) is 10.0 Å². The molecular weight excluding hydrogens is 234 g/mol. The van der Waals surface area contributed by atoms with Crippen LogP contribution in [0.1, 0.15) is 22.3 Å². The number of phenolic OH excluding ortho intramolecular Hbond substituents is 1. The molecule has 18 heavy (non-hydrogen) atoms. The van der Waals surface area contributed by atoms with E-state index in [1.54, 1.807) is 12.2 Å². The average molecular weight is 247 g/mol. The summed E-state index contributed by atoms with van der Waals surface area (Å²) in [6, 6.07) is 2.92. The topological polar surface area (TPSA) is 95.3 Å². The summed E-state index contributed by atoms with van der Waals surface area (Å²) in [5.74, 6) is 0.223. The van der Waals surface area contributed by atoms with Crippen molar-refractivity contribution in [2.45, 2.75) is 6.42 Å². The molecular formula is C12H13N3O3. The maximum absolute atomic E-state index is 10.9. The number of hydrogen-bond acceptors (Lipinski definition) is 4. The summed E-state index contributed by atoms with van der Waals surface area (Å²) in [4.78, 5) is 13.5. The largest absolute Gasteiger partial charge is 0.504 e. The molecule has 0 saturated heterocycles. The SMILES string of the molecule is COc1cc(C=O)c(C=CCCN=[N+]=[N-])cc1O. The predicted octanol–water partition coefficient (Wildman–Crippen LogP) is 2.93. The quantitative estimate of drug-likeness (QED) is 0.275. The number of carbonyl (C=O) groups excluding carboxylic acids is 1. The Balaban J connectivity index is 2.90. The molecule has 94 valence electrons. The number of azide groups is 1. The van der Waals surface area contributed by atoms with Crippen LogP contribution in [0.4, 0.5) is 0 Å². The van der Waals surface area contributed by atoms with Crippen LogP contribution in [0.3, 0.4) is 0 Å². The number of phenols is 1. The Morgan fingerprint density at radius 1 is 1.50 bits per heavy atom. The second-order valence-corrected chi connectivity index (χ2v) is 3.42. The van der Waals surface area contributed by atoms with Gasteiger partial charge < -0.3 is 9.84 Å². The molecule has 0 atom stereocenters. The number of nitrogens with zero attached hydrogens (tertiary/aromatic N) is 3. The van der Waals surface area contributed by atoms with Gasteiger partial charge in [-0.05, 0) is 29.6 Å². The second kappa shape index (κ2) is 6.98. The van der Waals surface area contributed by atoms with Crippen molar-refractivity contribution in [3.05, 3.63) is 39.8 Å². The van der Waals surface area contributed by atoms with Gasteiger partial charge in [-0.1, -0.05) is 17.3 Å². The molecule has 6 heteroatoms. The molecule has 0 saturated carbocycles. The van der Waals surface area contributed by atoms with Gasteiger partial charge in [-0.25, -0.2) is 0 Å². The second-order valence-electron chi connectivity index (χ2n) is 3.42. The fourth-order valence-electron chi connectivity index (χ4n) is 1.40. The van der Waals surface area contributed by atoms with E-state index in [-0.39, 0.29) is 11.5 Å². The highest BCUT2D eigenvalue weighted by Crippen LogP contribution is 2.29. The van der Waals surface area contributed by atoms with E-state index in [9.17, 15) is 9.90 Å². The van der Waals surface area contributed by atoms with Crippen molar-refractivity contribution in [3.63, 3.8) is 0 Å². The third kappa shape index (κ3) is 3.54. The summed E-state index contributed by atoms with van der Waals surface area (Å²) < 4.78 is 4.91. The van der Waals surface area contributed by atoms with Crippen molar-refractivity contribution in [1.82, 2.24) is 0 Å². The van der Waals surface area contributed by atoms with E-state index >= 15 is 0 Å². The molecule has 1 rings (SSSR count). The number of aromatic hydroxyl groups is 1. The normalized spacial score (nSPS) is 10.1. The van der Waals surface area contributed by atoms with Crippen molar-refractivity contribution in [2.75, 3.05) is 13.7 Å². The zero-order valence-corrected chi connectivity index (χ0v) is 9.91. The summed E-state index contributed by atoms with van der Waals surface area (Å²) in [5.41, 5.74) is 9.11. The van der Waals surface area contributed by atoms with Crippen LogP contribution in [-0.2, 0) is 0 Å². The van der Waals surface area contributed by atoms with E-state index in [4.69, 9.17) is 10.3 Å². The Hall–Kier alpha value is -2.46. The van der Waals surface area contributed by atoms with E-state index < -0.39 is 0 Å².